The van der Waals surface area contributed by atoms with Crippen LogP contribution < -0.4 is 10.2 Å². The fourth-order valence-corrected chi connectivity index (χ4v) is 4.14. The number of nitrogens with one attached hydrogen (secondary N) is 1. The Morgan fingerprint density at radius 3 is 2.81 bits per heavy atom. The van der Waals surface area contributed by atoms with E-state index in [4.69, 9.17) is 0 Å². The number of hydrogen-bond donors (Lipinski definition) is 1. The molecule has 134 valence electrons. The van der Waals surface area contributed by atoms with Crippen LogP contribution in [0.15, 0.2) is 42.5 Å². The van der Waals surface area contributed by atoms with E-state index in [1.807, 2.05) is 36.1 Å². The molecule has 1 atom stereocenters. The summed E-state index contributed by atoms with van der Waals surface area (Å²) in [5.41, 5.74) is 5.30. The van der Waals surface area contributed by atoms with Crippen molar-refractivity contribution in [2.24, 2.45) is 0 Å². The number of carbonyl (C=O) groups is 2. The lowest BCUT2D eigenvalue weighted by molar-refractivity contribution is -0.118. The first-order valence-corrected chi connectivity index (χ1v) is 9.49. The summed E-state index contributed by atoms with van der Waals surface area (Å²) in [4.78, 5) is 26.7. The number of fused-ring (bicyclic) bond motifs is 2. The third-order valence-corrected chi connectivity index (χ3v) is 5.52. The van der Waals surface area contributed by atoms with E-state index in [0.29, 0.717) is 18.5 Å². The van der Waals surface area contributed by atoms with Gasteiger partial charge in [0.05, 0.1) is 6.04 Å². The smallest absolute Gasteiger partial charge is 0.251 e. The van der Waals surface area contributed by atoms with Gasteiger partial charge in [0.2, 0.25) is 5.91 Å². The third-order valence-electron chi connectivity index (χ3n) is 5.52. The van der Waals surface area contributed by atoms with Crippen molar-refractivity contribution in [2.75, 3.05) is 11.4 Å². The summed E-state index contributed by atoms with van der Waals surface area (Å²) >= 11 is 0. The second-order valence-corrected chi connectivity index (χ2v) is 7.11. The van der Waals surface area contributed by atoms with Crippen LogP contribution in [0.3, 0.4) is 0 Å². The quantitative estimate of drug-likeness (QED) is 0.917. The first kappa shape index (κ1) is 16.8. The van der Waals surface area contributed by atoms with Gasteiger partial charge in [0.25, 0.3) is 5.91 Å². The van der Waals surface area contributed by atoms with Crippen LogP contribution in [0.1, 0.15) is 59.3 Å². The van der Waals surface area contributed by atoms with E-state index in [9.17, 15) is 9.59 Å². The number of aryl methyl sites for hydroxylation is 1. The molecular formula is C22H24N2O2. The van der Waals surface area contributed by atoms with Gasteiger partial charge in [-0.2, -0.15) is 0 Å². The summed E-state index contributed by atoms with van der Waals surface area (Å²) in [6, 6.07) is 14.2. The molecule has 0 radical (unpaired) electrons. The molecule has 4 heteroatoms. The average Bonchev–Trinajstić information content (AvgIpc) is 3.11. The minimum Gasteiger partial charge on any atom is -0.345 e. The molecule has 2 aromatic rings. The summed E-state index contributed by atoms with van der Waals surface area (Å²) in [7, 11) is 0. The first-order chi connectivity index (χ1) is 12.7. The Bertz CT molecular complexity index is 859. The molecule has 1 heterocycles. The van der Waals surface area contributed by atoms with E-state index in [1.54, 1.807) is 0 Å². The van der Waals surface area contributed by atoms with E-state index in [-0.39, 0.29) is 17.9 Å². The maximum Gasteiger partial charge on any atom is 0.251 e. The van der Waals surface area contributed by atoms with Gasteiger partial charge in [0.1, 0.15) is 0 Å². The van der Waals surface area contributed by atoms with Gasteiger partial charge >= 0.3 is 0 Å². The highest BCUT2D eigenvalue weighted by atomic mass is 16.2. The molecule has 0 unspecified atom stereocenters. The third kappa shape index (κ3) is 3.00. The molecule has 1 aliphatic carbocycles. The molecule has 2 aliphatic rings. The molecule has 0 bridgehead atoms. The molecule has 26 heavy (non-hydrogen) atoms. The second kappa shape index (κ2) is 6.94. The number of amides is 2. The summed E-state index contributed by atoms with van der Waals surface area (Å²) in [5.74, 6) is 0.106. The Morgan fingerprint density at radius 1 is 1.12 bits per heavy atom. The first-order valence-electron chi connectivity index (χ1n) is 9.49. The molecule has 1 aliphatic heterocycles. The van der Waals surface area contributed by atoms with Crippen molar-refractivity contribution >= 4 is 17.5 Å². The Balaban J connectivity index is 1.53. The molecule has 4 nitrogen and oxygen atoms in total. The number of anilines is 1. The van der Waals surface area contributed by atoms with Crippen molar-refractivity contribution in [1.82, 2.24) is 5.32 Å². The zero-order valence-corrected chi connectivity index (χ0v) is 15.1. The Morgan fingerprint density at radius 2 is 1.96 bits per heavy atom. The lowest BCUT2D eigenvalue weighted by atomic mass is 9.87. The van der Waals surface area contributed by atoms with Crippen LogP contribution in [0.2, 0.25) is 0 Å². The SMILES string of the molecule is CCC(=O)N1CCc2cc(C(=O)N[C@H]3CCCc4ccccc43)ccc21. The molecule has 2 amide bonds. The summed E-state index contributed by atoms with van der Waals surface area (Å²) in [6.45, 7) is 2.59. The van der Waals surface area contributed by atoms with E-state index in [1.165, 1.54) is 11.1 Å². The minimum atomic E-state index is -0.0326. The van der Waals surface area contributed by atoms with Crippen LogP contribution >= 0.6 is 0 Å². The van der Waals surface area contributed by atoms with Crippen molar-refractivity contribution in [3.63, 3.8) is 0 Å². The van der Waals surface area contributed by atoms with Gasteiger partial charge in [-0.15, -0.1) is 0 Å². The van der Waals surface area contributed by atoms with Gasteiger partial charge in [0.15, 0.2) is 0 Å². The van der Waals surface area contributed by atoms with Crippen LogP contribution in [0.25, 0.3) is 0 Å². The largest absolute Gasteiger partial charge is 0.345 e. The number of nitrogens with zero attached hydrogens (tertiary/aromatic N) is 1. The van der Waals surface area contributed by atoms with Crippen LogP contribution in [0.4, 0.5) is 5.69 Å². The lowest BCUT2D eigenvalue weighted by Crippen LogP contribution is -2.31. The monoisotopic (exact) mass is 348 g/mol. The van der Waals surface area contributed by atoms with Gasteiger partial charge in [-0.25, -0.2) is 0 Å². The number of hydrogen-bond acceptors (Lipinski definition) is 2. The maximum absolute atomic E-state index is 12.8. The summed E-state index contributed by atoms with van der Waals surface area (Å²) in [6.07, 6.45) is 4.48. The lowest BCUT2D eigenvalue weighted by Gasteiger charge is -2.26. The highest BCUT2D eigenvalue weighted by Crippen LogP contribution is 2.31. The highest BCUT2D eigenvalue weighted by molar-refractivity contribution is 5.98. The van der Waals surface area contributed by atoms with Gasteiger partial charge in [-0.3, -0.25) is 9.59 Å². The van der Waals surface area contributed by atoms with Crippen LogP contribution in [-0.4, -0.2) is 18.4 Å². The normalized spacial score (nSPS) is 18.2. The van der Waals surface area contributed by atoms with Crippen molar-refractivity contribution in [3.05, 3.63) is 64.7 Å². The zero-order chi connectivity index (χ0) is 18.1. The van der Waals surface area contributed by atoms with E-state index >= 15 is 0 Å². The molecule has 0 saturated carbocycles. The molecule has 0 saturated heterocycles. The fourth-order valence-electron chi connectivity index (χ4n) is 4.14. The Kier molecular flexibility index (Phi) is 4.49. The highest BCUT2D eigenvalue weighted by Gasteiger charge is 2.26. The minimum absolute atomic E-state index is 0.0326. The fraction of sp³-hybridized carbons (Fsp3) is 0.364. The molecule has 0 fully saturated rings. The molecule has 4 rings (SSSR count). The number of carbonyl (C=O) groups excluding carboxylic acids is 2. The van der Waals surface area contributed by atoms with Crippen molar-refractivity contribution in [1.29, 1.82) is 0 Å². The van der Waals surface area contributed by atoms with Crippen molar-refractivity contribution in [2.45, 2.75) is 45.1 Å². The van der Waals surface area contributed by atoms with Crippen molar-refractivity contribution in [3.8, 4) is 0 Å². The molecule has 0 aromatic heterocycles. The molecule has 1 N–H and O–H groups in total. The van der Waals surface area contributed by atoms with Gasteiger partial charge in [-0.05, 0) is 60.6 Å². The van der Waals surface area contributed by atoms with E-state index in [0.717, 1.165) is 36.9 Å². The van der Waals surface area contributed by atoms with Crippen molar-refractivity contribution < 1.29 is 9.59 Å². The predicted molar refractivity (Wildman–Crippen MR) is 102 cm³/mol. The van der Waals surface area contributed by atoms with Crippen LogP contribution in [-0.2, 0) is 17.6 Å². The number of rotatable bonds is 3. The van der Waals surface area contributed by atoms with Crippen LogP contribution in [0, 0.1) is 0 Å². The van der Waals surface area contributed by atoms with Gasteiger partial charge in [-0.1, -0.05) is 31.2 Å². The van der Waals surface area contributed by atoms with E-state index < -0.39 is 0 Å². The predicted octanol–water partition coefficient (Wildman–Crippen LogP) is 3.79. The molecule has 0 spiro atoms. The van der Waals surface area contributed by atoms with Gasteiger partial charge in [0, 0.05) is 24.2 Å². The Hall–Kier alpha value is -2.62. The topological polar surface area (TPSA) is 49.4 Å². The molecular weight excluding hydrogens is 324 g/mol. The number of benzene rings is 2. The Labute approximate surface area is 154 Å². The second-order valence-electron chi connectivity index (χ2n) is 7.11. The zero-order valence-electron chi connectivity index (χ0n) is 15.1. The maximum atomic E-state index is 12.8. The van der Waals surface area contributed by atoms with Crippen LogP contribution in [0.5, 0.6) is 0 Å². The average molecular weight is 348 g/mol. The summed E-state index contributed by atoms with van der Waals surface area (Å²) < 4.78 is 0. The van der Waals surface area contributed by atoms with Gasteiger partial charge < -0.3 is 10.2 Å². The van der Waals surface area contributed by atoms with E-state index in [2.05, 4.69) is 23.5 Å². The molecule has 2 aromatic carbocycles. The summed E-state index contributed by atoms with van der Waals surface area (Å²) in [5, 5.41) is 3.21. The standard InChI is InChI=1S/C22H24N2O2/c1-2-21(25)24-13-12-16-14-17(10-11-20(16)24)22(26)23-19-9-5-7-15-6-3-4-8-18(15)19/h3-4,6,8,10-11,14,19H,2,5,7,9,12-13H2,1H3,(H,23,26)/t19-/m0/s1.